The van der Waals surface area contributed by atoms with Crippen LogP contribution >= 0.6 is 0 Å². The Morgan fingerprint density at radius 2 is 1.41 bits per heavy atom. The zero-order valence-electron chi connectivity index (χ0n) is 22.0. The largest absolute Gasteiger partial charge is 0.481 e. The zero-order chi connectivity index (χ0) is 26.2. The van der Waals surface area contributed by atoms with Crippen LogP contribution in [0.4, 0.5) is 0 Å². The highest BCUT2D eigenvalue weighted by molar-refractivity contribution is 5.74. The fourth-order valence-corrected chi connectivity index (χ4v) is 4.98. The summed E-state index contributed by atoms with van der Waals surface area (Å²) in [4.78, 5) is 23.3. The fourth-order valence-electron chi connectivity index (χ4n) is 4.98. The van der Waals surface area contributed by atoms with Crippen LogP contribution < -0.4 is 0 Å². The second-order valence-electron chi connectivity index (χ2n) is 9.83. The van der Waals surface area contributed by atoms with Gasteiger partial charge in [0.2, 0.25) is 0 Å². The molecule has 0 aromatic carbocycles. The van der Waals surface area contributed by atoms with Gasteiger partial charge in [-0.1, -0.05) is 7.43 Å². The summed E-state index contributed by atoms with van der Waals surface area (Å²) in [5.41, 5.74) is 2.03. The van der Waals surface area contributed by atoms with Crippen LogP contribution in [0.2, 0.25) is 0 Å². The lowest BCUT2D eigenvalue weighted by Gasteiger charge is -2.30. The van der Waals surface area contributed by atoms with Crippen molar-refractivity contribution in [1.82, 2.24) is 19.6 Å². The van der Waals surface area contributed by atoms with Crippen molar-refractivity contribution in [3.63, 3.8) is 0 Å². The molecule has 2 aliphatic rings. The van der Waals surface area contributed by atoms with Crippen LogP contribution in [0.1, 0.15) is 90.2 Å². The number of carbonyl (C=O) groups is 2. The number of ether oxygens (including phenoxy) is 3. The maximum absolute atomic E-state index is 12.1. The minimum absolute atomic E-state index is 0. The lowest BCUT2D eigenvalue weighted by Crippen LogP contribution is -2.34. The maximum Gasteiger partial charge on any atom is 0.309 e. The van der Waals surface area contributed by atoms with E-state index in [0.717, 1.165) is 11.4 Å². The molecule has 2 saturated heterocycles. The Kier molecular flexibility index (Phi) is 11.8. The van der Waals surface area contributed by atoms with Gasteiger partial charge in [-0.25, -0.2) is 0 Å². The first-order valence-electron chi connectivity index (χ1n) is 12.9. The zero-order valence-corrected chi connectivity index (χ0v) is 22.0. The van der Waals surface area contributed by atoms with Gasteiger partial charge in [-0.2, -0.15) is 10.2 Å². The Hall–Kier alpha value is -2.72. The van der Waals surface area contributed by atoms with Crippen LogP contribution in [-0.4, -0.2) is 69.6 Å². The van der Waals surface area contributed by atoms with E-state index in [-0.39, 0.29) is 49.2 Å². The molecule has 37 heavy (non-hydrogen) atoms. The number of hydrogen-bond acceptors (Lipinski definition) is 7. The smallest absolute Gasteiger partial charge is 0.309 e. The number of hydrogen-bond donors (Lipinski definition) is 1. The highest BCUT2D eigenvalue weighted by Gasteiger charge is 2.36. The van der Waals surface area contributed by atoms with Crippen molar-refractivity contribution in [2.75, 3.05) is 33.0 Å². The van der Waals surface area contributed by atoms with E-state index in [9.17, 15) is 14.7 Å². The molecule has 10 heteroatoms. The lowest BCUT2D eigenvalue weighted by atomic mass is 9.85. The monoisotopic (exact) mass is 520 g/mol. The van der Waals surface area contributed by atoms with Crippen LogP contribution in [0.15, 0.2) is 24.5 Å². The molecule has 0 bridgehead atoms. The molecular weight excluding hydrogens is 476 g/mol. The van der Waals surface area contributed by atoms with E-state index in [1.54, 1.807) is 12.4 Å². The molecule has 0 unspecified atom stereocenters. The predicted octanol–water partition coefficient (Wildman–Crippen LogP) is 4.45. The fraction of sp³-hybridized carbons (Fsp3) is 0.704. The molecule has 0 spiro atoms. The summed E-state index contributed by atoms with van der Waals surface area (Å²) >= 11 is 0. The van der Waals surface area contributed by atoms with Crippen molar-refractivity contribution >= 4 is 11.9 Å². The molecule has 4 rings (SSSR count). The molecule has 10 nitrogen and oxygen atoms in total. The second-order valence-corrected chi connectivity index (χ2v) is 9.83. The minimum atomic E-state index is -0.741. The molecule has 4 heterocycles. The van der Waals surface area contributed by atoms with Gasteiger partial charge >= 0.3 is 11.9 Å². The van der Waals surface area contributed by atoms with Gasteiger partial charge < -0.3 is 19.3 Å². The van der Waals surface area contributed by atoms with Gasteiger partial charge in [-0.3, -0.25) is 19.0 Å². The standard InChI is InChI=1S/C14H22N2O3.C12H18N2O3.CH4/c1-4-19-14(17)11-6-8-18-9-12(11)13-5-7-15-16(13)10(2)3;1-8(2)14-11(3-5-13-14)10-7-17-6-4-9(10)12(15)16;/h5,7,10-12H,4,6,8-9H2,1-3H3;3,5,8-10H,4,6-7H2,1-2H3,(H,15,16);1H4/t11-,12+;9-,10+;/m11./s1. The highest BCUT2D eigenvalue weighted by atomic mass is 16.5. The van der Waals surface area contributed by atoms with Gasteiger partial charge in [0.1, 0.15) is 0 Å². The Balaban J connectivity index is 0.000000255. The van der Waals surface area contributed by atoms with Crippen LogP contribution in [0.25, 0.3) is 0 Å². The molecule has 2 fully saturated rings. The molecule has 2 aliphatic heterocycles. The number of carboxylic acids is 1. The molecule has 4 atom stereocenters. The third kappa shape index (κ3) is 7.41. The van der Waals surface area contributed by atoms with E-state index in [0.29, 0.717) is 45.9 Å². The first kappa shape index (κ1) is 30.5. The van der Waals surface area contributed by atoms with Crippen LogP contribution in [0.3, 0.4) is 0 Å². The average Bonchev–Trinajstić information content (AvgIpc) is 3.55. The van der Waals surface area contributed by atoms with Gasteiger partial charge in [-0.15, -0.1) is 0 Å². The molecule has 0 saturated carbocycles. The quantitative estimate of drug-likeness (QED) is 0.532. The molecule has 0 aliphatic carbocycles. The summed E-state index contributed by atoms with van der Waals surface area (Å²) in [5.74, 6) is -1.40. The number of rotatable bonds is 7. The molecule has 208 valence electrons. The SMILES string of the molecule is C.CC(C)n1nccc1[C@H]1COCC[C@H]1C(=O)O.CCOC(=O)[C@@H]1CCOC[C@@H]1c1ccnn1C(C)C. The Morgan fingerprint density at radius 1 is 0.946 bits per heavy atom. The molecular formula is C27H44N4O6. The van der Waals surface area contributed by atoms with E-state index in [1.807, 2.05) is 42.3 Å². The average molecular weight is 521 g/mol. The van der Waals surface area contributed by atoms with Crippen molar-refractivity contribution in [2.24, 2.45) is 11.8 Å². The van der Waals surface area contributed by atoms with E-state index < -0.39 is 5.97 Å². The molecule has 0 radical (unpaired) electrons. The first-order valence-corrected chi connectivity index (χ1v) is 12.9. The summed E-state index contributed by atoms with van der Waals surface area (Å²) in [5, 5.41) is 17.8. The van der Waals surface area contributed by atoms with Crippen molar-refractivity contribution in [2.45, 2.75) is 78.8 Å². The Morgan fingerprint density at radius 3 is 1.84 bits per heavy atom. The summed E-state index contributed by atoms with van der Waals surface area (Å²) in [6, 6.07) is 4.38. The van der Waals surface area contributed by atoms with Crippen molar-refractivity contribution < 1.29 is 28.9 Å². The normalized spacial score (nSPS) is 23.6. The van der Waals surface area contributed by atoms with E-state index in [2.05, 4.69) is 24.0 Å². The number of carbonyl (C=O) groups excluding carboxylic acids is 1. The van der Waals surface area contributed by atoms with E-state index >= 15 is 0 Å². The van der Waals surface area contributed by atoms with Crippen LogP contribution in [-0.2, 0) is 23.8 Å². The summed E-state index contributed by atoms with van der Waals surface area (Å²) in [6.07, 6.45) is 4.80. The van der Waals surface area contributed by atoms with E-state index in [1.165, 1.54) is 0 Å². The first-order chi connectivity index (χ1) is 17.3. The molecule has 2 aromatic rings. The van der Waals surface area contributed by atoms with Crippen molar-refractivity contribution in [3.8, 4) is 0 Å². The van der Waals surface area contributed by atoms with Gasteiger partial charge in [0.15, 0.2) is 0 Å². The number of aliphatic carboxylic acids is 1. The van der Waals surface area contributed by atoms with Gasteiger partial charge in [0.05, 0.1) is 31.7 Å². The Bertz CT molecular complexity index is 985. The minimum Gasteiger partial charge on any atom is -0.481 e. The highest BCUT2D eigenvalue weighted by Crippen LogP contribution is 2.34. The third-order valence-corrected chi connectivity index (χ3v) is 6.76. The van der Waals surface area contributed by atoms with Crippen molar-refractivity contribution in [1.29, 1.82) is 0 Å². The second kappa shape index (κ2) is 14.3. The maximum atomic E-state index is 12.1. The number of carboxylic acid groups (broad SMARTS) is 1. The summed E-state index contributed by atoms with van der Waals surface area (Å²) < 4.78 is 20.0. The Labute approximate surface area is 220 Å². The lowest BCUT2D eigenvalue weighted by molar-refractivity contribution is -0.152. The van der Waals surface area contributed by atoms with Crippen LogP contribution in [0.5, 0.6) is 0 Å². The topological polar surface area (TPSA) is 118 Å². The van der Waals surface area contributed by atoms with Gasteiger partial charge in [-0.05, 0) is 59.6 Å². The van der Waals surface area contributed by atoms with Crippen LogP contribution in [0, 0.1) is 11.8 Å². The van der Waals surface area contributed by atoms with Gasteiger partial charge in [0.25, 0.3) is 0 Å². The third-order valence-electron chi connectivity index (χ3n) is 6.76. The summed E-state index contributed by atoms with van der Waals surface area (Å²) in [7, 11) is 0. The number of aromatic nitrogens is 4. The van der Waals surface area contributed by atoms with E-state index in [4.69, 9.17) is 14.2 Å². The summed E-state index contributed by atoms with van der Waals surface area (Å²) in [6.45, 7) is 12.7. The molecule has 1 N–H and O–H groups in total. The molecule has 2 aromatic heterocycles. The molecule has 0 amide bonds. The number of esters is 1. The van der Waals surface area contributed by atoms with Crippen molar-refractivity contribution in [3.05, 3.63) is 35.9 Å². The number of nitrogens with zero attached hydrogens (tertiary/aromatic N) is 4. The van der Waals surface area contributed by atoms with Gasteiger partial charge in [0, 0.05) is 60.9 Å². The predicted molar refractivity (Wildman–Crippen MR) is 140 cm³/mol.